The fourth-order valence-electron chi connectivity index (χ4n) is 5.51. The molecular formula is C31H35ClF2N6O6. The molecule has 3 heterocycles. The number of anilines is 1. The van der Waals surface area contributed by atoms with Gasteiger partial charge in [-0.05, 0) is 69.1 Å². The second-order valence-electron chi connectivity index (χ2n) is 10.8. The van der Waals surface area contributed by atoms with Gasteiger partial charge in [-0.3, -0.25) is 19.2 Å². The first-order valence-corrected chi connectivity index (χ1v) is 15.0. The molecule has 3 aromatic rings. The Morgan fingerprint density at radius 1 is 1.09 bits per heavy atom. The SMILES string of the molecule is COc1ccc(-c2cnc(C(=O)Nc3ccc(C(=O)N4CCC(C(=O)NC5CCNCC5)CC4)c(Cl)c3)n2C)c(F)c1F.O=CO. The van der Waals surface area contributed by atoms with Crippen LogP contribution in [0.3, 0.4) is 0 Å². The fraction of sp³-hybridized carbons (Fsp3) is 0.387. The first-order valence-electron chi connectivity index (χ1n) is 14.6. The van der Waals surface area contributed by atoms with Crippen LogP contribution in [0.4, 0.5) is 14.5 Å². The number of carbonyl (C=O) groups is 4. The van der Waals surface area contributed by atoms with Crippen LogP contribution >= 0.6 is 11.6 Å². The number of hydrogen-bond acceptors (Lipinski definition) is 7. The van der Waals surface area contributed by atoms with E-state index in [0.29, 0.717) is 31.6 Å². The maximum Gasteiger partial charge on any atom is 0.291 e. The molecule has 3 amide bonds. The van der Waals surface area contributed by atoms with Crippen LogP contribution in [0.2, 0.25) is 5.02 Å². The number of ether oxygens (including phenoxy) is 1. The molecule has 4 N–H and O–H groups in total. The summed E-state index contributed by atoms with van der Waals surface area (Å²) in [6, 6.07) is 7.40. The lowest BCUT2D eigenvalue weighted by Gasteiger charge is -2.33. The number of rotatable bonds is 7. The molecule has 246 valence electrons. The Hall–Kier alpha value is -4.56. The topological polar surface area (TPSA) is 155 Å². The Bertz CT molecular complexity index is 1590. The molecule has 2 aliphatic heterocycles. The predicted molar refractivity (Wildman–Crippen MR) is 166 cm³/mol. The molecular weight excluding hydrogens is 626 g/mol. The lowest BCUT2D eigenvalue weighted by Crippen LogP contribution is -2.48. The van der Waals surface area contributed by atoms with Gasteiger partial charge in [-0.2, -0.15) is 4.39 Å². The summed E-state index contributed by atoms with van der Waals surface area (Å²) in [6.07, 6.45) is 4.27. The number of benzene rings is 2. The number of halogens is 3. The van der Waals surface area contributed by atoms with Gasteiger partial charge < -0.3 is 35.3 Å². The first-order chi connectivity index (χ1) is 22.1. The number of piperidine rings is 2. The summed E-state index contributed by atoms with van der Waals surface area (Å²) < 4.78 is 35.0. The van der Waals surface area contributed by atoms with E-state index in [0.717, 1.165) is 25.9 Å². The van der Waals surface area contributed by atoms with Crippen molar-refractivity contribution in [2.75, 3.05) is 38.6 Å². The standard InChI is InChI=1S/C30H33ClF2N6O4.CH2O2/c1-38-23(21-5-6-24(43-2)26(33)25(21)32)16-35-27(38)29(41)37-19-3-4-20(22(31)15-19)30(42)39-13-9-17(10-14-39)28(40)36-18-7-11-34-12-8-18;2-1-3/h3-6,15-18,34H,7-14H2,1-2H3,(H,36,40)(H,37,41);1H,(H,2,3). The zero-order valence-electron chi connectivity index (χ0n) is 25.3. The number of aromatic nitrogens is 2. The minimum absolute atomic E-state index is 0.0473. The molecule has 2 aliphatic rings. The molecule has 2 fully saturated rings. The maximum absolute atomic E-state index is 14.6. The van der Waals surface area contributed by atoms with Crippen LogP contribution in [-0.2, 0) is 16.6 Å². The van der Waals surface area contributed by atoms with Crippen LogP contribution in [0, 0.1) is 17.6 Å². The van der Waals surface area contributed by atoms with E-state index < -0.39 is 17.5 Å². The van der Waals surface area contributed by atoms with Crippen molar-refractivity contribution in [3.05, 3.63) is 64.6 Å². The number of carboxylic acid groups (broad SMARTS) is 1. The van der Waals surface area contributed by atoms with Crippen LogP contribution in [-0.4, -0.2) is 83.1 Å². The Morgan fingerprint density at radius 3 is 2.39 bits per heavy atom. The summed E-state index contributed by atoms with van der Waals surface area (Å²) in [5, 5.41) is 16.2. The highest BCUT2D eigenvalue weighted by molar-refractivity contribution is 6.34. The minimum atomic E-state index is -1.14. The molecule has 2 saturated heterocycles. The second-order valence-corrected chi connectivity index (χ2v) is 11.2. The van der Waals surface area contributed by atoms with Crippen molar-refractivity contribution in [1.29, 1.82) is 0 Å². The molecule has 0 atom stereocenters. The number of likely N-dealkylation sites (tertiary alicyclic amines) is 1. The van der Waals surface area contributed by atoms with E-state index in [1.54, 1.807) is 11.0 Å². The molecule has 15 heteroatoms. The fourth-order valence-corrected chi connectivity index (χ4v) is 5.77. The van der Waals surface area contributed by atoms with E-state index in [9.17, 15) is 23.2 Å². The summed E-state index contributed by atoms with van der Waals surface area (Å²) in [6.45, 7) is 2.44. The average molecular weight is 661 g/mol. The summed E-state index contributed by atoms with van der Waals surface area (Å²) >= 11 is 6.46. The lowest BCUT2D eigenvalue weighted by atomic mass is 9.94. The monoisotopic (exact) mass is 660 g/mol. The third kappa shape index (κ3) is 7.80. The van der Waals surface area contributed by atoms with E-state index in [2.05, 4.69) is 20.9 Å². The quantitative estimate of drug-likeness (QED) is 0.280. The largest absolute Gasteiger partial charge is 0.494 e. The number of methoxy groups -OCH3 is 1. The van der Waals surface area contributed by atoms with Crippen LogP contribution < -0.4 is 20.7 Å². The molecule has 0 saturated carbocycles. The van der Waals surface area contributed by atoms with Gasteiger partial charge in [-0.15, -0.1) is 0 Å². The van der Waals surface area contributed by atoms with Crippen molar-refractivity contribution in [3.63, 3.8) is 0 Å². The van der Waals surface area contributed by atoms with Crippen LogP contribution in [0.15, 0.2) is 36.5 Å². The zero-order chi connectivity index (χ0) is 33.4. The van der Waals surface area contributed by atoms with Crippen molar-refractivity contribution in [1.82, 2.24) is 25.1 Å². The van der Waals surface area contributed by atoms with Gasteiger partial charge in [-0.25, -0.2) is 9.37 Å². The van der Waals surface area contributed by atoms with Gasteiger partial charge in [0.1, 0.15) is 0 Å². The summed E-state index contributed by atoms with van der Waals surface area (Å²) in [5.41, 5.74) is 0.722. The highest BCUT2D eigenvalue weighted by atomic mass is 35.5. The molecule has 12 nitrogen and oxygen atoms in total. The minimum Gasteiger partial charge on any atom is -0.494 e. The Morgan fingerprint density at radius 2 is 1.76 bits per heavy atom. The number of carbonyl (C=O) groups excluding carboxylic acids is 3. The number of hydrogen-bond donors (Lipinski definition) is 4. The van der Waals surface area contributed by atoms with E-state index in [-0.39, 0.29) is 63.7 Å². The number of nitrogens with zero attached hydrogens (tertiary/aromatic N) is 3. The molecule has 0 radical (unpaired) electrons. The Balaban J connectivity index is 0.00000154. The summed E-state index contributed by atoms with van der Waals surface area (Å²) in [4.78, 5) is 53.0. The van der Waals surface area contributed by atoms with E-state index in [1.807, 2.05) is 0 Å². The van der Waals surface area contributed by atoms with Crippen molar-refractivity contribution in [3.8, 4) is 17.0 Å². The second kappa shape index (κ2) is 15.6. The van der Waals surface area contributed by atoms with Gasteiger partial charge >= 0.3 is 0 Å². The van der Waals surface area contributed by atoms with Crippen molar-refractivity contribution < 1.29 is 37.8 Å². The van der Waals surface area contributed by atoms with Crippen LogP contribution in [0.25, 0.3) is 11.3 Å². The van der Waals surface area contributed by atoms with Crippen molar-refractivity contribution in [2.24, 2.45) is 13.0 Å². The van der Waals surface area contributed by atoms with E-state index in [1.165, 1.54) is 49.2 Å². The summed E-state index contributed by atoms with van der Waals surface area (Å²) in [7, 11) is 2.74. The molecule has 1 aromatic heterocycles. The number of nitrogens with one attached hydrogen (secondary N) is 3. The zero-order valence-corrected chi connectivity index (χ0v) is 26.1. The summed E-state index contributed by atoms with van der Waals surface area (Å²) in [5.74, 6) is -3.47. The number of amides is 3. The lowest BCUT2D eigenvalue weighted by molar-refractivity contribution is -0.127. The van der Waals surface area contributed by atoms with Gasteiger partial charge in [0, 0.05) is 43.3 Å². The van der Waals surface area contributed by atoms with E-state index >= 15 is 0 Å². The molecule has 46 heavy (non-hydrogen) atoms. The highest BCUT2D eigenvalue weighted by Gasteiger charge is 2.30. The van der Waals surface area contributed by atoms with E-state index in [4.69, 9.17) is 26.2 Å². The van der Waals surface area contributed by atoms with Gasteiger partial charge in [0.25, 0.3) is 18.3 Å². The van der Waals surface area contributed by atoms with Gasteiger partial charge in [0.05, 0.1) is 29.6 Å². The third-order valence-corrected chi connectivity index (χ3v) is 8.34. The van der Waals surface area contributed by atoms with Crippen LogP contribution in [0.5, 0.6) is 5.75 Å². The van der Waals surface area contributed by atoms with Crippen molar-refractivity contribution >= 4 is 41.5 Å². The Kier molecular flexibility index (Phi) is 11.7. The first kappa shape index (κ1) is 34.3. The van der Waals surface area contributed by atoms with Crippen molar-refractivity contribution in [2.45, 2.75) is 31.7 Å². The Labute approximate surface area is 269 Å². The molecule has 0 unspecified atom stereocenters. The predicted octanol–water partition coefficient (Wildman–Crippen LogP) is 3.70. The van der Waals surface area contributed by atoms with Gasteiger partial charge in [0.15, 0.2) is 17.4 Å². The van der Waals surface area contributed by atoms with Gasteiger partial charge in [0.2, 0.25) is 11.7 Å². The third-order valence-electron chi connectivity index (χ3n) is 8.03. The molecule has 5 rings (SSSR count). The normalized spacial score (nSPS) is 15.4. The molecule has 2 aromatic carbocycles. The maximum atomic E-state index is 14.6. The molecule has 0 bridgehead atoms. The number of imidazole rings is 1. The van der Waals surface area contributed by atoms with Gasteiger partial charge in [-0.1, -0.05) is 11.6 Å². The highest BCUT2D eigenvalue weighted by Crippen LogP contribution is 2.30. The smallest absolute Gasteiger partial charge is 0.291 e. The molecule has 0 spiro atoms. The molecule has 0 aliphatic carbocycles. The van der Waals surface area contributed by atoms with Crippen LogP contribution in [0.1, 0.15) is 46.7 Å². The average Bonchev–Trinajstić information content (AvgIpc) is 3.44.